The summed E-state index contributed by atoms with van der Waals surface area (Å²) in [4.78, 5) is 41.9. The quantitative estimate of drug-likeness (QED) is 0.600. The van der Waals surface area contributed by atoms with Crippen molar-refractivity contribution in [1.82, 2.24) is 9.88 Å². The summed E-state index contributed by atoms with van der Waals surface area (Å²) in [6.45, 7) is 6.72. The molecule has 0 saturated carbocycles. The van der Waals surface area contributed by atoms with Gasteiger partial charge in [0.1, 0.15) is 0 Å². The summed E-state index contributed by atoms with van der Waals surface area (Å²) < 4.78 is 0. The number of thiazole rings is 1. The number of amides is 2. The van der Waals surface area contributed by atoms with Crippen molar-refractivity contribution in [2.75, 3.05) is 18.4 Å². The molecule has 0 aliphatic carbocycles. The lowest BCUT2D eigenvalue weighted by atomic mass is 9.91. The van der Waals surface area contributed by atoms with Gasteiger partial charge in [-0.25, -0.2) is 4.98 Å². The molecule has 0 bridgehead atoms. The minimum Gasteiger partial charge on any atom is -0.341 e. The number of anilines is 1. The Morgan fingerprint density at radius 2 is 2.10 bits per heavy atom. The van der Waals surface area contributed by atoms with Crippen molar-refractivity contribution in [1.29, 1.82) is 0 Å². The van der Waals surface area contributed by atoms with E-state index in [0.29, 0.717) is 29.5 Å². The van der Waals surface area contributed by atoms with Gasteiger partial charge in [-0.3, -0.25) is 19.7 Å². The van der Waals surface area contributed by atoms with Crippen LogP contribution in [0.4, 0.5) is 10.8 Å². The maximum atomic E-state index is 12.7. The van der Waals surface area contributed by atoms with Crippen LogP contribution in [-0.4, -0.2) is 39.7 Å². The largest absolute Gasteiger partial charge is 0.341 e. The number of hydrogen-bond donors (Lipinski definition) is 1. The van der Waals surface area contributed by atoms with Crippen LogP contribution >= 0.6 is 11.3 Å². The van der Waals surface area contributed by atoms with Crippen molar-refractivity contribution in [3.05, 3.63) is 39.8 Å². The Hall–Kier alpha value is -2.81. The molecule has 1 atom stereocenters. The van der Waals surface area contributed by atoms with Crippen molar-refractivity contribution < 1.29 is 14.5 Å². The zero-order valence-corrected chi connectivity index (χ0v) is 17.5. The fourth-order valence-electron chi connectivity index (χ4n) is 3.30. The van der Waals surface area contributed by atoms with Gasteiger partial charge in [-0.2, -0.15) is 0 Å². The molecule has 2 amide bonds. The number of rotatable bonds is 4. The number of carbonyl (C=O) groups is 2. The third kappa shape index (κ3) is 4.97. The van der Waals surface area contributed by atoms with E-state index in [1.807, 2.05) is 20.8 Å². The van der Waals surface area contributed by atoms with E-state index in [1.165, 1.54) is 23.5 Å². The Bertz CT molecular complexity index is 935. The molecule has 0 radical (unpaired) electrons. The number of likely N-dealkylation sites (tertiary alicyclic amines) is 1. The molecule has 8 nitrogen and oxygen atoms in total. The first kappa shape index (κ1) is 20.9. The number of carbonyl (C=O) groups excluding carboxylic acids is 2. The highest BCUT2D eigenvalue weighted by atomic mass is 32.1. The summed E-state index contributed by atoms with van der Waals surface area (Å²) in [5, 5.41) is 16.0. The smallest absolute Gasteiger partial charge is 0.270 e. The normalized spacial score (nSPS) is 17.1. The second kappa shape index (κ2) is 8.28. The monoisotopic (exact) mass is 416 g/mol. The molecule has 1 N–H and O–H groups in total. The fraction of sp³-hybridized carbons (Fsp3) is 0.450. The SMILES string of the molecule is CC(C)(C)C(=O)N1CCCC(C(=O)Nc2nc(-c3cccc([N+](=O)[O-])c3)cs2)C1. The topological polar surface area (TPSA) is 105 Å². The van der Waals surface area contributed by atoms with Gasteiger partial charge in [0.2, 0.25) is 11.8 Å². The molecule has 1 saturated heterocycles. The van der Waals surface area contributed by atoms with Gasteiger partial charge < -0.3 is 10.2 Å². The molecule has 29 heavy (non-hydrogen) atoms. The highest BCUT2D eigenvalue weighted by molar-refractivity contribution is 7.14. The molecule has 2 heterocycles. The van der Waals surface area contributed by atoms with Crippen LogP contribution in [0.5, 0.6) is 0 Å². The molecule has 1 unspecified atom stereocenters. The molecule has 1 aromatic carbocycles. The van der Waals surface area contributed by atoms with Gasteiger partial charge in [0, 0.05) is 41.6 Å². The predicted octanol–water partition coefficient (Wildman–Crippen LogP) is 3.94. The highest BCUT2D eigenvalue weighted by Crippen LogP contribution is 2.29. The van der Waals surface area contributed by atoms with Gasteiger partial charge >= 0.3 is 0 Å². The Kier molecular flexibility index (Phi) is 5.97. The lowest BCUT2D eigenvalue weighted by Crippen LogP contribution is -2.47. The number of non-ortho nitro benzene ring substituents is 1. The summed E-state index contributed by atoms with van der Waals surface area (Å²) in [5.41, 5.74) is 0.713. The molecule has 0 spiro atoms. The molecule has 1 aliphatic heterocycles. The molecule has 1 aliphatic rings. The minimum atomic E-state index is -0.471. The first-order valence-corrected chi connectivity index (χ1v) is 10.3. The number of piperidine rings is 1. The van der Waals surface area contributed by atoms with Crippen molar-refractivity contribution in [3.8, 4) is 11.3 Å². The van der Waals surface area contributed by atoms with Gasteiger partial charge in [0.05, 0.1) is 16.5 Å². The average molecular weight is 417 g/mol. The van der Waals surface area contributed by atoms with Gasteiger partial charge in [-0.15, -0.1) is 11.3 Å². The van der Waals surface area contributed by atoms with Crippen molar-refractivity contribution in [2.45, 2.75) is 33.6 Å². The van der Waals surface area contributed by atoms with Crippen molar-refractivity contribution in [3.63, 3.8) is 0 Å². The number of benzene rings is 1. The molecule has 1 aromatic heterocycles. The first-order chi connectivity index (χ1) is 13.6. The average Bonchev–Trinajstić information content (AvgIpc) is 3.15. The Balaban J connectivity index is 1.66. The number of nitrogens with one attached hydrogen (secondary N) is 1. The molecule has 3 rings (SSSR count). The van der Waals surface area contributed by atoms with Crippen LogP contribution in [0.1, 0.15) is 33.6 Å². The van der Waals surface area contributed by atoms with Crippen molar-refractivity contribution in [2.24, 2.45) is 11.3 Å². The van der Waals surface area contributed by atoms with Crippen molar-refractivity contribution >= 4 is 34.0 Å². The van der Waals surface area contributed by atoms with Gasteiger partial charge in [0.15, 0.2) is 5.13 Å². The summed E-state index contributed by atoms with van der Waals surface area (Å²) in [5.74, 6) is -0.381. The van der Waals surface area contributed by atoms with Crippen LogP contribution < -0.4 is 5.32 Å². The van der Waals surface area contributed by atoms with Crippen LogP contribution in [0.25, 0.3) is 11.3 Å². The molecule has 9 heteroatoms. The number of aromatic nitrogens is 1. The number of hydrogen-bond acceptors (Lipinski definition) is 6. The lowest BCUT2D eigenvalue weighted by molar-refractivity contribution is -0.384. The van der Waals surface area contributed by atoms with E-state index in [-0.39, 0.29) is 23.4 Å². The van der Waals surface area contributed by atoms with E-state index in [0.717, 1.165) is 12.8 Å². The zero-order valence-electron chi connectivity index (χ0n) is 16.7. The number of nitro benzene ring substituents is 1. The van der Waals surface area contributed by atoms with E-state index < -0.39 is 10.3 Å². The van der Waals surface area contributed by atoms with Crippen LogP contribution in [0.2, 0.25) is 0 Å². The standard InChI is InChI=1S/C20H24N4O4S/c1-20(2,3)18(26)23-9-5-7-14(11-23)17(25)22-19-21-16(12-29-19)13-6-4-8-15(10-13)24(27)28/h4,6,8,10,12,14H,5,7,9,11H2,1-3H3,(H,21,22,25). The van der Waals surface area contributed by atoms with E-state index in [9.17, 15) is 19.7 Å². The Labute approximate surface area is 173 Å². The van der Waals surface area contributed by atoms with Crippen LogP contribution in [-0.2, 0) is 9.59 Å². The molecule has 2 aromatic rings. The van der Waals surface area contributed by atoms with E-state index >= 15 is 0 Å². The first-order valence-electron chi connectivity index (χ1n) is 9.46. The van der Waals surface area contributed by atoms with Gasteiger partial charge in [0.25, 0.3) is 5.69 Å². The molecule has 1 fully saturated rings. The summed E-state index contributed by atoms with van der Waals surface area (Å²) >= 11 is 1.27. The second-order valence-corrected chi connectivity index (χ2v) is 9.03. The fourth-order valence-corrected chi connectivity index (χ4v) is 4.02. The summed E-state index contributed by atoms with van der Waals surface area (Å²) in [7, 11) is 0. The molecular formula is C20H24N4O4S. The van der Waals surface area contributed by atoms with E-state index in [4.69, 9.17) is 0 Å². The number of nitro groups is 1. The highest BCUT2D eigenvalue weighted by Gasteiger charge is 2.33. The van der Waals surface area contributed by atoms with E-state index in [1.54, 1.807) is 22.4 Å². The van der Waals surface area contributed by atoms with Crippen LogP contribution in [0.15, 0.2) is 29.6 Å². The summed E-state index contributed by atoms with van der Waals surface area (Å²) in [6, 6.07) is 6.22. The Morgan fingerprint density at radius 1 is 1.34 bits per heavy atom. The second-order valence-electron chi connectivity index (χ2n) is 8.17. The third-order valence-corrected chi connectivity index (χ3v) is 5.57. The van der Waals surface area contributed by atoms with Crippen LogP contribution in [0, 0.1) is 21.4 Å². The van der Waals surface area contributed by atoms with Gasteiger partial charge in [-0.1, -0.05) is 32.9 Å². The maximum absolute atomic E-state index is 12.7. The van der Waals surface area contributed by atoms with E-state index in [2.05, 4.69) is 10.3 Å². The van der Waals surface area contributed by atoms with Gasteiger partial charge in [-0.05, 0) is 12.8 Å². The number of nitrogens with zero attached hydrogens (tertiary/aromatic N) is 3. The lowest BCUT2D eigenvalue weighted by Gasteiger charge is -2.35. The third-order valence-electron chi connectivity index (χ3n) is 4.81. The molecular weight excluding hydrogens is 392 g/mol. The molecule has 154 valence electrons. The van der Waals surface area contributed by atoms with Crippen LogP contribution in [0.3, 0.4) is 0 Å². The Morgan fingerprint density at radius 3 is 2.79 bits per heavy atom. The minimum absolute atomic E-state index is 0.00750. The zero-order chi connectivity index (χ0) is 21.2. The summed E-state index contributed by atoms with van der Waals surface area (Å²) in [6.07, 6.45) is 1.51. The maximum Gasteiger partial charge on any atom is 0.270 e. The predicted molar refractivity (Wildman–Crippen MR) is 112 cm³/mol.